The number of benzene rings is 4. The third-order valence-electron chi connectivity index (χ3n) is 11.2. The molecule has 0 unspecified atom stereocenters. The summed E-state index contributed by atoms with van der Waals surface area (Å²) in [6.07, 6.45) is 1.96. The van der Waals surface area contributed by atoms with Gasteiger partial charge in [-0.15, -0.1) is 0 Å². The van der Waals surface area contributed by atoms with Crippen molar-refractivity contribution in [2.45, 2.75) is 24.2 Å². The normalized spacial score (nSPS) is 25.9. The number of nitrogens with one attached hydrogen (secondary N) is 1. The fourth-order valence-corrected chi connectivity index (χ4v) is 9.77. The molecule has 3 fully saturated rings. The molecule has 1 saturated carbocycles. The molecule has 2 aliphatic heterocycles. The summed E-state index contributed by atoms with van der Waals surface area (Å²) in [5.74, 6) is -6.57. The standard InChI is InChI=1S/C39H29BrCl2N4O8/c1-54-24-9-5-19(6-10-24)39-29(36(49)45(38(39)51)43-31-13-8-21(41)16-30(31)42)18-27-25(34(39)28-15-20(40)7-14-32(28)47)11-12-26-33(27)37(50)44(35(26)48)22-3-2-4-23(17-22)46(52)53/h2-11,13-17,26-27,29,33-34,43,47H,12,18H2,1H3/t26-,27+,29-,33-,34+,39+/m0/s1. The number of fused-ring (bicyclic) bond motifs is 4. The van der Waals surface area contributed by atoms with Crippen LogP contribution in [-0.2, 0) is 24.6 Å². The number of hydrazine groups is 1. The lowest BCUT2D eigenvalue weighted by Crippen LogP contribution is -2.53. The van der Waals surface area contributed by atoms with E-state index in [2.05, 4.69) is 21.4 Å². The summed E-state index contributed by atoms with van der Waals surface area (Å²) in [6.45, 7) is 0. The van der Waals surface area contributed by atoms with E-state index in [1.165, 1.54) is 43.5 Å². The predicted octanol–water partition coefficient (Wildman–Crippen LogP) is 7.57. The molecule has 2 heterocycles. The van der Waals surface area contributed by atoms with Gasteiger partial charge in [-0.05, 0) is 78.9 Å². The number of nitro groups is 1. The van der Waals surface area contributed by atoms with Gasteiger partial charge < -0.3 is 9.84 Å². The molecule has 2 N–H and O–H groups in total. The first-order valence-corrected chi connectivity index (χ1v) is 18.5. The number of phenolic OH excluding ortho intramolecular Hbond substituents is 1. The molecule has 54 heavy (non-hydrogen) atoms. The van der Waals surface area contributed by atoms with Crippen LogP contribution >= 0.6 is 39.1 Å². The van der Waals surface area contributed by atoms with E-state index >= 15 is 4.79 Å². The molecule has 15 heteroatoms. The smallest absolute Gasteiger partial charge is 0.271 e. The number of hydrogen-bond acceptors (Lipinski definition) is 9. The second-order valence-corrected chi connectivity index (χ2v) is 15.5. The predicted molar refractivity (Wildman–Crippen MR) is 202 cm³/mol. The van der Waals surface area contributed by atoms with Crippen LogP contribution in [-0.4, -0.2) is 45.8 Å². The van der Waals surface area contributed by atoms with Crippen LogP contribution in [0.25, 0.3) is 0 Å². The van der Waals surface area contributed by atoms with Crippen molar-refractivity contribution in [1.82, 2.24) is 5.01 Å². The minimum absolute atomic E-state index is 0.0107. The Morgan fingerprint density at radius 1 is 0.944 bits per heavy atom. The van der Waals surface area contributed by atoms with Crippen molar-refractivity contribution < 1.29 is 33.9 Å². The van der Waals surface area contributed by atoms with Crippen molar-refractivity contribution in [3.05, 3.63) is 132 Å². The molecule has 8 rings (SSSR count). The SMILES string of the molecule is COc1ccc([C@@]23C(=O)N(Nc4ccc(Cl)cc4Cl)C(=O)[C@@H]2C[C@@H]2C(=CC[C@@H]4C(=O)N(c5cccc([N+](=O)[O-])c5)C(=O)[C@@H]42)[C@@H]3c2cc(Br)ccc2O)cc1. The van der Waals surface area contributed by atoms with E-state index in [0.29, 0.717) is 31.9 Å². The molecule has 4 aliphatic rings. The van der Waals surface area contributed by atoms with E-state index in [9.17, 15) is 29.6 Å². The molecule has 4 aromatic carbocycles. The highest BCUT2D eigenvalue weighted by atomic mass is 79.9. The quantitative estimate of drug-likeness (QED) is 0.0829. The number of halogens is 3. The molecule has 12 nitrogen and oxygen atoms in total. The zero-order chi connectivity index (χ0) is 38.2. The lowest BCUT2D eigenvalue weighted by molar-refractivity contribution is -0.384. The van der Waals surface area contributed by atoms with Gasteiger partial charge in [0.1, 0.15) is 11.5 Å². The number of rotatable bonds is 7. The fraction of sp³-hybridized carbons (Fsp3) is 0.231. The molecule has 4 aromatic rings. The van der Waals surface area contributed by atoms with Crippen LogP contribution in [0.2, 0.25) is 10.0 Å². The Morgan fingerprint density at radius 3 is 2.41 bits per heavy atom. The van der Waals surface area contributed by atoms with Gasteiger partial charge in [0.05, 0.1) is 51.6 Å². The number of ether oxygens (including phenoxy) is 1. The van der Waals surface area contributed by atoms with Crippen molar-refractivity contribution in [2.24, 2.45) is 23.7 Å². The Balaban J connectivity index is 1.33. The molecule has 2 saturated heterocycles. The molecule has 0 spiro atoms. The summed E-state index contributed by atoms with van der Waals surface area (Å²) in [5.41, 5.74) is 2.72. The largest absolute Gasteiger partial charge is 0.508 e. The van der Waals surface area contributed by atoms with Gasteiger partial charge in [0.15, 0.2) is 0 Å². The molecule has 0 aromatic heterocycles. The molecule has 274 valence electrons. The van der Waals surface area contributed by atoms with Crippen molar-refractivity contribution >= 4 is 79.8 Å². The molecule has 0 radical (unpaired) electrons. The van der Waals surface area contributed by atoms with Gasteiger partial charge in [-0.2, -0.15) is 5.01 Å². The topological polar surface area (TPSA) is 159 Å². The second-order valence-electron chi connectivity index (χ2n) is 13.7. The summed E-state index contributed by atoms with van der Waals surface area (Å²) in [7, 11) is 1.51. The number of nitrogens with zero attached hydrogens (tertiary/aromatic N) is 3. The Labute approximate surface area is 326 Å². The maximum absolute atomic E-state index is 15.4. The minimum Gasteiger partial charge on any atom is -0.508 e. The third-order valence-corrected chi connectivity index (χ3v) is 12.2. The number of carbonyl (C=O) groups excluding carboxylic acids is 4. The third kappa shape index (κ3) is 5.31. The van der Waals surface area contributed by atoms with E-state index < -0.39 is 63.6 Å². The highest BCUT2D eigenvalue weighted by Gasteiger charge is 2.70. The maximum atomic E-state index is 15.4. The number of imide groups is 2. The van der Waals surface area contributed by atoms with Crippen molar-refractivity contribution in [3.63, 3.8) is 0 Å². The van der Waals surface area contributed by atoms with Crippen LogP contribution in [0.1, 0.15) is 29.9 Å². The number of non-ortho nitro benzene ring substituents is 1. The van der Waals surface area contributed by atoms with Crippen molar-refractivity contribution in [2.75, 3.05) is 17.4 Å². The molecule has 2 aliphatic carbocycles. The Hall–Kier alpha value is -5.24. The summed E-state index contributed by atoms with van der Waals surface area (Å²) in [4.78, 5) is 70.8. The van der Waals surface area contributed by atoms with Gasteiger partial charge in [0, 0.05) is 33.1 Å². The Morgan fingerprint density at radius 2 is 1.70 bits per heavy atom. The second kappa shape index (κ2) is 13.3. The number of amides is 4. The lowest BCUT2D eigenvalue weighted by atomic mass is 9.49. The van der Waals surface area contributed by atoms with Gasteiger partial charge in [-0.3, -0.25) is 34.7 Å². The van der Waals surface area contributed by atoms with E-state index in [0.717, 1.165) is 9.91 Å². The fourth-order valence-electron chi connectivity index (χ4n) is 8.94. The Kier molecular flexibility index (Phi) is 8.78. The van der Waals surface area contributed by atoms with Crippen molar-refractivity contribution in [1.29, 1.82) is 0 Å². The summed E-state index contributed by atoms with van der Waals surface area (Å²) >= 11 is 16.2. The Bertz CT molecular complexity index is 2340. The van der Waals surface area contributed by atoms with Gasteiger partial charge in [-0.1, -0.05) is 69.0 Å². The number of aromatic hydroxyl groups is 1. The molecule has 6 atom stereocenters. The number of carbonyl (C=O) groups is 4. The molecular formula is C39H29BrCl2N4O8. The first kappa shape index (κ1) is 35.8. The van der Waals surface area contributed by atoms with Crippen LogP contribution < -0.4 is 15.1 Å². The first-order valence-electron chi connectivity index (χ1n) is 16.9. The number of allylic oxidation sites excluding steroid dienone is 2. The van der Waals surface area contributed by atoms with Crippen LogP contribution in [0.5, 0.6) is 11.5 Å². The summed E-state index contributed by atoms with van der Waals surface area (Å²) in [5, 5.41) is 24.7. The number of hydrogen-bond donors (Lipinski definition) is 2. The van der Waals surface area contributed by atoms with Gasteiger partial charge in [0.25, 0.3) is 17.5 Å². The maximum Gasteiger partial charge on any atom is 0.271 e. The van der Waals surface area contributed by atoms with E-state index in [4.69, 9.17) is 27.9 Å². The highest BCUT2D eigenvalue weighted by Crippen LogP contribution is 2.65. The van der Waals surface area contributed by atoms with Gasteiger partial charge in [0.2, 0.25) is 11.8 Å². The number of phenols is 1. The zero-order valence-electron chi connectivity index (χ0n) is 28.2. The van der Waals surface area contributed by atoms with Crippen molar-refractivity contribution in [3.8, 4) is 11.5 Å². The van der Waals surface area contributed by atoms with E-state index in [1.54, 1.807) is 48.5 Å². The van der Waals surface area contributed by atoms with Gasteiger partial charge in [-0.25, -0.2) is 4.90 Å². The molecular weight excluding hydrogens is 803 g/mol. The van der Waals surface area contributed by atoms with Crippen LogP contribution in [0, 0.1) is 33.8 Å². The zero-order valence-corrected chi connectivity index (χ0v) is 31.3. The van der Waals surface area contributed by atoms with E-state index in [1.807, 2.05) is 6.08 Å². The highest BCUT2D eigenvalue weighted by molar-refractivity contribution is 9.10. The summed E-state index contributed by atoms with van der Waals surface area (Å²) in [6, 6.07) is 21.6. The van der Waals surface area contributed by atoms with Crippen LogP contribution in [0.3, 0.4) is 0 Å². The monoisotopic (exact) mass is 830 g/mol. The average molecular weight is 832 g/mol. The number of anilines is 2. The minimum atomic E-state index is -1.67. The molecule has 0 bridgehead atoms. The summed E-state index contributed by atoms with van der Waals surface area (Å²) < 4.78 is 6.03. The average Bonchev–Trinajstić information content (AvgIpc) is 3.54. The van der Waals surface area contributed by atoms with Crippen LogP contribution in [0.15, 0.2) is 101 Å². The number of nitro benzene ring substituents is 1. The van der Waals surface area contributed by atoms with E-state index in [-0.39, 0.29) is 40.7 Å². The first-order chi connectivity index (χ1) is 25.9. The lowest BCUT2D eigenvalue weighted by Gasteiger charge is -2.50. The van der Waals surface area contributed by atoms with Gasteiger partial charge >= 0.3 is 0 Å². The number of methoxy groups -OCH3 is 1. The van der Waals surface area contributed by atoms with Crippen LogP contribution in [0.4, 0.5) is 17.1 Å². The molecule has 4 amide bonds.